The monoisotopic (exact) mass is 214 g/mol. The second-order valence-electron chi connectivity index (χ2n) is 4.59. The van der Waals surface area contributed by atoms with Crippen LogP contribution in [0.25, 0.3) is 0 Å². The fraction of sp³-hybridized carbons (Fsp3) is 0.909. The van der Waals surface area contributed by atoms with Crippen LogP contribution in [-0.2, 0) is 9.53 Å². The normalized spacial score (nSPS) is 17.9. The molecule has 15 heavy (non-hydrogen) atoms. The van der Waals surface area contributed by atoms with Gasteiger partial charge in [-0.1, -0.05) is 0 Å². The summed E-state index contributed by atoms with van der Waals surface area (Å²) in [5.74, 6) is 0.713. The van der Waals surface area contributed by atoms with E-state index in [9.17, 15) is 4.79 Å². The highest BCUT2D eigenvalue weighted by Crippen LogP contribution is 2.30. The van der Waals surface area contributed by atoms with Crippen LogP contribution in [0.2, 0.25) is 0 Å². The third-order valence-corrected chi connectivity index (χ3v) is 2.72. The van der Waals surface area contributed by atoms with Crippen molar-refractivity contribution in [3.8, 4) is 0 Å². The van der Waals surface area contributed by atoms with Gasteiger partial charge in [0.15, 0.2) is 0 Å². The summed E-state index contributed by atoms with van der Waals surface area (Å²) in [6.45, 7) is 5.21. The van der Waals surface area contributed by atoms with E-state index in [2.05, 4.69) is 0 Å². The summed E-state index contributed by atoms with van der Waals surface area (Å²) in [7, 11) is 1.56. The van der Waals surface area contributed by atoms with Crippen LogP contribution in [0.5, 0.6) is 0 Å². The summed E-state index contributed by atoms with van der Waals surface area (Å²) in [4.78, 5) is 13.8. The van der Waals surface area contributed by atoms with Crippen molar-refractivity contribution in [2.45, 2.75) is 38.8 Å². The first-order valence-electron chi connectivity index (χ1n) is 5.61. The van der Waals surface area contributed by atoms with Gasteiger partial charge in [-0.2, -0.15) is 0 Å². The van der Waals surface area contributed by atoms with Crippen LogP contribution in [-0.4, -0.2) is 43.2 Å². The number of hydrogen-bond acceptors (Lipinski definition) is 3. The van der Waals surface area contributed by atoms with Gasteiger partial charge in [0.25, 0.3) is 0 Å². The lowest BCUT2D eigenvalue weighted by molar-refractivity contribution is -0.135. The smallest absolute Gasteiger partial charge is 0.242 e. The zero-order valence-corrected chi connectivity index (χ0v) is 9.90. The number of carbonyl (C=O) groups is 1. The molecule has 0 aliphatic heterocycles. The van der Waals surface area contributed by atoms with Crippen molar-refractivity contribution >= 4 is 5.91 Å². The van der Waals surface area contributed by atoms with E-state index in [1.54, 1.807) is 7.11 Å². The molecule has 1 fully saturated rings. The lowest BCUT2D eigenvalue weighted by Crippen LogP contribution is -2.49. The van der Waals surface area contributed by atoms with Crippen LogP contribution < -0.4 is 5.73 Å². The largest absolute Gasteiger partial charge is 0.383 e. The highest BCUT2D eigenvalue weighted by atomic mass is 16.5. The van der Waals surface area contributed by atoms with Gasteiger partial charge in [-0.05, 0) is 32.6 Å². The third-order valence-electron chi connectivity index (χ3n) is 2.72. The quantitative estimate of drug-likeness (QED) is 0.704. The Morgan fingerprint density at radius 2 is 2.13 bits per heavy atom. The predicted octanol–water partition coefficient (Wildman–Crippen LogP) is 0.607. The molecule has 0 aromatic carbocycles. The summed E-state index contributed by atoms with van der Waals surface area (Å²) in [6.07, 6.45) is 2.49. The molecule has 0 saturated heterocycles. The standard InChI is InChI=1S/C11H22N2O2/c1-8(2)13(6-9-4-5-9)11(14)10(12)7-15-3/h8-10H,4-7,12H2,1-3H3. The van der Waals surface area contributed by atoms with E-state index in [-0.39, 0.29) is 11.9 Å². The van der Waals surface area contributed by atoms with Crippen molar-refractivity contribution in [1.82, 2.24) is 4.90 Å². The molecule has 4 nitrogen and oxygen atoms in total. The number of amides is 1. The van der Waals surface area contributed by atoms with Crippen LogP contribution in [0, 0.1) is 5.92 Å². The number of carbonyl (C=O) groups excluding carboxylic acids is 1. The van der Waals surface area contributed by atoms with Crippen LogP contribution in [0.1, 0.15) is 26.7 Å². The van der Waals surface area contributed by atoms with Gasteiger partial charge in [-0.3, -0.25) is 4.79 Å². The van der Waals surface area contributed by atoms with Crippen LogP contribution in [0.15, 0.2) is 0 Å². The minimum Gasteiger partial charge on any atom is -0.383 e. The molecule has 0 heterocycles. The second kappa shape index (κ2) is 5.47. The summed E-state index contributed by atoms with van der Waals surface area (Å²) in [6, 6.07) is -0.294. The molecule has 88 valence electrons. The Morgan fingerprint density at radius 1 is 1.53 bits per heavy atom. The Morgan fingerprint density at radius 3 is 2.53 bits per heavy atom. The lowest BCUT2D eigenvalue weighted by Gasteiger charge is -2.29. The van der Waals surface area contributed by atoms with Crippen LogP contribution in [0.3, 0.4) is 0 Å². The van der Waals surface area contributed by atoms with E-state index >= 15 is 0 Å². The summed E-state index contributed by atoms with van der Waals surface area (Å²) in [5.41, 5.74) is 5.75. The average molecular weight is 214 g/mol. The van der Waals surface area contributed by atoms with Crippen molar-refractivity contribution in [3.63, 3.8) is 0 Å². The first-order chi connectivity index (χ1) is 7.06. The molecule has 1 aliphatic rings. The highest BCUT2D eigenvalue weighted by Gasteiger charge is 2.30. The van der Waals surface area contributed by atoms with E-state index < -0.39 is 6.04 Å². The van der Waals surface area contributed by atoms with Crippen molar-refractivity contribution in [1.29, 1.82) is 0 Å². The van der Waals surface area contributed by atoms with Gasteiger partial charge in [0, 0.05) is 19.7 Å². The van der Waals surface area contributed by atoms with Gasteiger partial charge >= 0.3 is 0 Å². The first-order valence-corrected chi connectivity index (χ1v) is 5.61. The molecule has 1 atom stereocenters. The van der Waals surface area contributed by atoms with Gasteiger partial charge in [0.1, 0.15) is 6.04 Å². The Kier molecular flexibility index (Phi) is 4.54. The summed E-state index contributed by atoms with van der Waals surface area (Å²) >= 11 is 0. The molecule has 4 heteroatoms. The first kappa shape index (κ1) is 12.5. The van der Waals surface area contributed by atoms with E-state index in [1.807, 2.05) is 18.7 Å². The van der Waals surface area contributed by atoms with Crippen molar-refractivity contribution < 1.29 is 9.53 Å². The molecule has 1 amide bonds. The molecule has 1 saturated carbocycles. The summed E-state index contributed by atoms with van der Waals surface area (Å²) < 4.78 is 4.90. The molecule has 0 aromatic rings. The minimum absolute atomic E-state index is 0.0127. The fourth-order valence-electron chi connectivity index (χ4n) is 1.60. The number of ether oxygens (including phenoxy) is 1. The van der Waals surface area contributed by atoms with Crippen molar-refractivity contribution in [2.24, 2.45) is 11.7 Å². The fourth-order valence-corrected chi connectivity index (χ4v) is 1.60. The van der Waals surface area contributed by atoms with E-state index in [4.69, 9.17) is 10.5 Å². The lowest BCUT2D eigenvalue weighted by atomic mass is 10.2. The predicted molar refractivity (Wildman–Crippen MR) is 59.4 cm³/mol. The maximum absolute atomic E-state index is 12.0. The molecule has 0 aromatic heterocycles. The molecular weight excluding hydrogens is 192 g/mol. The Labute approximate surface area is 91.8 Å². The molecular formula is C11H22N2O2. The number of nitrogens with two attached hydrogens (primary N) is 1. The average Bonchev–Trinajstić information content (AvgIpc) is 2.96. The number of hydrogen-bond donors (Lipinski definition) is 1. The van der Waals surface area contributed by atoms with E-state index in [0.29, 0.717) is 12.5 Å². The molecule has 0 bridgehead atoms. The Balaban J connectivity index is 2.49. The number of nitrogens with zero attached hydrogens (tertiary/aromatic N) is 1. The van der Waals surface area contributed by atoms with Gasteiger partial charge in [-0.25, -0.2) is 0 Å². The second-order valence-corrected chi connectivity index (χ2v) is 4.59. The molecule has 2 N–H and O–H groups in total. The van der Waals surface area contributed by atoms with Crippen molar-refractivity contribution in [3.05, 3.63) is 0 Å². The van der Waals surface area contributed by atoms with Gasteiger partial charge in [-0.15, -0.1) is 0 Å². The Bertz CT molecular complexity index is 215. The maximum Gasteiger partial charge on any atom is 0.242 e. The van der Waals surface area contributed by atoms with Crippen LogP contribution >= 0.6 is 0 Å². The summed E-state index contributed by atoms with van der Waals surface area (Å²) in [5, 5.41) is 0. The van der Waals surface area contributed by atoms with E-state index in [1.165, 1.54) is 12.8 Å². The zero-order valence-electron chi connectivity index (χ0n) is 9.90. The van der Waals surface area contributed by atoms with Crippen LogP contribution in [0.4, 0.5) is 0 Å². The highest BCUT2D eigenvalue weighted by molar-refractivity contribution is 5.82. The minimum atomic E-state index is -0.517. The van der Waals surface area contributed by atoms with Crippen molar-refractivity contribution in [2.75, 3.05) is 20.3 Å². The van der Waals surface area contributed by atoms with E-state index in [0.717, 1.165) is 6.54 Å². The van der Waals surface area contributed by atoms with Gasteiger partial charge < -0.3 is 15.4 Å². The SMILES string of the molecule is COCC(N)C(=O)N(CC1CC1)C(C)C. The molecule has 0 radical (unpaired) electrons. The molecule has 1 unspecified atom stereocenters. The topological polar surface area (TPSA) is 55.6 Å². The van der Waals surface area contributed by atoms with Gasteiger partial charge in [0.05, 0.1) is 6.61 Å². The number of rotatable bonds is 6. The molecule has 0 spiro atoms. The Hall–Kier alpha value is -0.610. The third kappa shape index (κ3) is 3.80. The maximum atomic E-state index is 12.0. The zero-order chi connectivity index (χ0) is 11.4. The molecule has 1 rings (SSSR count). The van der Waals surface area contributed by atoms with Gasteiger partial charge in [0.2, 0.25) is 5.91 Å². The molecule has 1 aliphatic carbocycles. The number of methoxy groups -OCH3 is 1.